The van der Waals surface area contributed by atoms with Gasteiger partial charge in [-0.05, 0) is 111 Å². The molecule has 1 unspecified atom stereocenters. The zero-order valence-electron chi connectivity index (χ0n) is 33.0. The van der Waals surface area contributed by atoms with Gasteiger partial charge in [0.1, 0.15) is 0 Å². The van der Waals surface area contributed by atoms with E-state index in [1.165, 1.54) is 110 Å². The Balaban J connectivity index is 1.17. The van der Waals surface area contributed by atoms with Gasteiger partial charge in [-0.1, -0.05) is 154 Å². The Morgan fingerprint density at radius 2 is 1.17 bits per heavy atom. The van der Waals surface area contributed by atoms with E-state index in [-0.39, 0.29) is 5.41 Å². The van der Waals surface area contributed by atoms with E-state index in [1.807, 2.05) is 0 Å². The number of hydrogen-bond acceptors (Lipinski definition) is 0. The predicted octanol–water partition coefficient (Wildman–Crippen LogP) is 15.1. The molecule has 2 heteroatoms. The third-order valence-electron chi connectivity index (χ3n) is 13.2. The lowest BCUT2D eigenvalue weighted by Gasteiger charge is -2.22. The number of para-hydroxylation sites is 2. The average molecular weight is 743 g/mol. The number of rotatable bonds is 4. The van der Waals surface area contributed by atoms with Crippen molar-refractivity contribution in [2.75, 3.05) is 0 Å². The molecular weight excluding hydrogens is 701 g/mol. The molecule has 0 aliphatic heterocycles. The zero-order chi connectivity index (χ0) is 38.7. The van der Waals surface area contributed by atoms with Gasteiger partial charge >= 0.3 is 0 Å². The molecule has 2 nitrogen and oxygen atoms in total. The quantitative estimate of drug-likeness (QED) is 0.170. The maximum atomic E-state index is 2.56. The van der Waals surface area contributed by atoms with Crippen LogP contribution in [-0.4, -0.2) is 9.13 Å². The summed E-state index contributed by atoms with van der Waals surface area (Å²) >= 11 is 0. The summed E-state index contributed by atoms with van der Waals surface area (Å²) < 4.78 is 5.03. The minimum Gasteiger partial charge on any atom is -0.310 e. The molecule has 8 aromatic carbocycles. The lowest BCUT2D eigenvalue weighted by Crippen LogP contribution is -2.15. The van der Waals surface area contributed by atoms with Crippen molar-refractivity contribution in [3.8, 4) is 39.1 Å². The Kier molecular flexibility index (Phi) is 7.05. The molecule has 12 rings (SSSR count). The molecule has 2 aromatic heterocycles. The number of nitrogens with zero attached hydrogens (tertiary/aromatic N) is 2. The normalized spacial score (nSPS) is 15.8. The number of hydrogen-bond donors (Lipinski definition) is 0. The third-order valence-corrected chi connectivity index (χ3v) is 13.2. The van der Waals surface area contributed by atoms with Gasteiger partial charge in [-0.25, -0.2) is 0 Å². The Morgan fingerprint density at radius 1 is 0.483 bits per heavy atom. The van der Waals surface area contributed by atoms with Crippen molar-refractivity contribution in [1.29, 1.82) is 0 Å². The number of fused-ring (bicyclic) bond motifs is 10. The first kappa shape index (κ1) is 33.3. The topological polar surface area (TPSA) is 9.86 Å². The summed E-state index contributed by atoms with van der Waals surface area (Å²) in [7, 11) is 0. The van der Waals surface area contributed by atoms with E-state index in [1.54, 1.807) is 0 Å². The first-order chi connectivity index (χ1) is 28.4. The van der Waals surface area contributed by atoms with Crippen molar-refractivity contribution >= 4 is 60.1 Å². The highest BCUT2D eigenvalue weighted by molar-refractivity contribution is 6.17. The first-order valence-electron chi connectivity index (χ1n) is 20.7. The van der Waals surface area contributed by atoms with Crippen LogP contribution in [-0.2, 0) is 5.41 Å². The van der Waals surface area contributed by atoms with E-state index in [2.05, 4.69) is 212 Å². The van der Waals surface area contributed by atoms with E-state index in [9.17, 15) is 0 Å². The Bertz CT molecular complexity index is 3420. The molecule has 276 valence electrons. The summed E-state index contributed by atoms with van der Waals surface area (Å²) in [4.78, 5) is 0. The molecular formula is C56H42N2. The highest BCUT2D eigenvalue weighted by Gasteiger charge is 2.36. The lowest BCUT2D eigenvalue weighted by molar-refractivity contribution is 0.661. The molecule has 0 amide bonds. The summed E-state index contributed by atoms with van der Waals surface area (Å²) in [5, 5.41) is 7.60. The molecule has 0 fully saturated rings. The van der Waals surface area contributed by atoms with Crippen LogP contribution < -0.4 is 0 Å². The molecule has 2 aliphatic carbocycles. The number of benzene rings is 8. The van der Waals surface area contributed by atoms with Crippen molar-refractivity contribution in [2.24, 2.45) is 5.92 Å². The van der Waals surface area contributed by atoms with Crippen LogP contribution in [0, 0.1) is 5.92 Å². The molecule has 1 atom stereocenters. The highest BCUT2D eigenvalue weighted by Crippen LogP contribution is 2.51. The standard InChI is InChI=1S/C56H42N2/c1-35-14-12-17-40(30-35)57-51-24-11-8-20-45(51)55-42(21-13-25-52(55)57)39-28-29-41(38-27-26-36-15-4-5-16-37(36)31-38)53(32-39)58-50-23-10-7-19-44(50)47-33-46-43-18-6-9-22-48(43)56(2,3)49(46)34-54(47)58/h4-13,15-35H,14H2,1-3H3. The van der Waals surface area contributed by atoms with Gasteiger partial charge in [0.05, 0.1) is 27.8 Å². The highest BCUT2D eigenvalue weighted by atomic mass is 15.0. The molecule has 0 bridgehead atoms. The van der Waals surface area contributed by atoms with E-state index in [4.69, 9.17) is 0 Å². The van der Waals surface area contributed by atoms with E-state index in [0.717, 1.165) is 6.42 Å². The van der Waals surface area contributed by atoms with Crippen molar-refractivity contribution in [2.45, 2.75) is 32.6 Å². The third kappa shape index (κ3) is 4.72. The van der Waals surface area contributed by atoms with Crippen molar-refractivity contribution < 1.29 is 0 Å². The molecule has 58 heavy (non-hydrogen) atoms. The van der Waals surface area contributed by atoms with Gasteiger partial charge in [0.15, 0.2) is 0 Å². The number of aromatic nitrogens is 2. The second-order valence-electron chi connectivity index (χ2n) is 17.0. The molecule has 10 aromatic rings. The summed E-state index contributed by atoms with van der Waals surface area (Å²) in [6, 6.07) is 61.5. The van der Waals surface area contributed by atoms with E-state index >= 15 is 0 Å². The second-order valence-corrected chi connectivity index (χ2v) is 17.0. The van der Waals surface area contributed by atoms with Crippen LogP contribution in [0.25, 0.3) is 99.1 Å². The molecule has 0 spiro atoms. The lowest BCUT2D eigenvalue weighted by atomic mass is 9.82. The molecule has 2 aliphatic rings. The Morgan fingerprint density at radius 3 is 2.03 bits per heavy atom. The minimum absolute atomic E-state index is 0.116. The van der Waals surface area contributed by atoms with Crippen LogP contribution >= 0.6 is 0 Å². The maximum absolute atomic E-state index is 2.56. The van der Waals surface area contributed by atoms with Gasteiger partial charge in [0, 0.05) is 38.2 Å². The fourth-order valence-corrected chi connectivity index (χ4v) is 10.4. The smallest absolute Gasteiger partial charge is 0.0547 e. The van der Waals surface area contributed by atoms with Gasteiger partial charge in [0.25, 0.3) is 0 Å². The maximum Gasteiger partial charge on any atom is 0.0547 e. The van der Waals surface area contributed by atoms with Crippen LogP contribution in [0.3, 0.4) is 0 Å². The zero-order valence-corrected chi connectivity index (χ0v) is 33.0. The van der Waals surface area contributed by atoms with Gasteiger partial charge in [-0.2, -0.15) is 0 Å². The largest absolute Gasteiger partial charge is 0.310 e. The van der Waals surface area contributed by atoms with Crippen LogP contribution in [0.4, 0.5) is 0 Å². The van der Waals surface area contributed by atoms with Crippen molar-refractivity contribution in [1.82, 2.24) is 9.13 Å². The monoisotopic (exact) mass is 742 g/mol. The van der Waals surface area contributed by atoms with Gasteiger partial charge in [-0.3, -0.25) is 0 Å². The summed E-state index contributed by atoms with van der Waals surface area (Å²) in [6.07, 6.45) is 8.12. The summed E-state index contributed by atoms with van der Waals surface area (Å²) in [6.45, 7) is 7.08. The average Bonchev–Trinajstić information content (AvgIpc) is 3.85. The van der Waals surface area contributed by atoms with Crippen LogP contribution in [0.2, 0.25) is 0 Å². The van der Waals surface area contributed by atoms with Crippen LogP contribution in [0.5, 0.6) is 0 Å². The fourth-order valence-electron chi connectivity index (χ4n) is 10.4. The minimum atomic E-state index is -0.116. The molecule has 0 saturated carbocycles. The number of allylic oxidation sites excluding steroid dienone is 4. The second kappa shape index (κ2) is 12.3. The van der Waals surface area contributed by atoms with Crippen molar-refractivity contribution in [3.05, 3.63) is 193 Å². The molecule has 2 heterocycles. The first-order valence-corrected chi connectivity index (χ1v) is 20.7. The SMILES string of the molecule is CC1C=C(n2c3ccccc3c3c(-c4ccc(-c5ccc6ccccc6c5)c(-n5c6ccccc6c6cc7c(cc65)C(C)(C)c5ccccc5-7)c4)cccc32)C=CC1. The van der Waals surface area contributed by atoms with E-state index in [0.29, 0.717) is 5.92 Å². The van der Waals surface area contributed by atoms with Crippen LogP contribution in [0.15, 0.2) is 182 Å². The molecule has 0 N–H and O–H groups in total. The molecule has 0 radical (unpaired) electrons. The predicted molar refractivity (Wildman–Crippen MR) is 247 cm³/mol. The Labute approximate surface area is 338 Å². The fraction of sp³-hybridized carbons (Fsp3) is 0.107. The summed E-state index contributed by atoms with van der Waals surface area (Å²) in [5.74, 6) is 0.497. The summed E-state index contributed by atoms with van der Waals surface area (Å²) in [5.41, 5.74) is 17.6. The molecule has 0 saturated heterocycles. The van der Waals surface area contributed by atoms with Gasteiger partial charge < -0.3 is 9.13 Å². The van der Waals surface area contributed by atoms with Gasteiger partial charge in [0.2, 0.25) is 0 Å². The van der Waals surface area contributed by atoms with Crippen molar-refractivity contribution in [3.63, 3.8) is 0 Å². The van der Waals surface area contributed by atoms with Gasteiger partial charge in [-0.15, -0.1) is 0 Å². The van der Waals surface area contributed by atoms with E-state index < -0.39 is 0 Å². The Hall–Kier alpha value is -6.90. The van der Waals surface area contributed by atoms with Crippen LogP contribution in [0.1, 0.15) is 38.3 Å².